The van der Waals surface area contributed by atoms with Crippen LogP contribution in [0.15, 0.2) is 54.9 Å². The first-order valence-electron chi connectivity index (χ1n) is 9.82. The zero-order valence-corrected chi connectivity index (χ0v) is 17.0. The summed E-state index contributed by atoms with van der Waals surface area (Å²) in [5.41, 5.74) is 4.48. The number of hydrogen-bond donors (Lipinski definition) is 1. The minimum absolute atomic E-state index is 0.478. The van der Waals surface area contributed by atoms with Gasteiger partial charge in [-0.15, -0.1) is 5.10 Å². The van der Waals surface area contributed by atoms with Crippen molar-refractivity contribution in [1.29, 1.82) is 0 Å². The number of hydrogen-bond acceptors (Lipinski definition) is 5. The molecule has 1 saturated heterocycles. The van der Waals surface area contributed by atoms with Crippen molar-refractivity contribution in [2.45, 2.75) is 32.9 Å². The third-order valence-electron chi connectivity index (χ3n) is 5.46. The largest absolute Gasteiger partial charge is 0.366 e. The van der Waals surface area contributed by atoms with Gasteiger partial charge in [0.15, 0.2) is 0 Å². The molecule has 6 heteroatoms. The second-order valence-corrected chi connectivity index (χ2v) is 7.82. The molecule has 28 heavy (non-hydrogen) atoms. The van der Waals surface area contributed by atoms with Crippen molar-refractivity contribution in [3.8, 4) is 5.69 Å². The first kappa shape index (κ1) is 18.5. The molecule has 2 heterocycles. The van der Waals surface area contributed by atoms with Crippen LogP contribution in [0.2, 0.25) is 0 Å². The van der Waals surface area contributed by atoms with Crippen molar-refractivity contribution in [3.63, 3.8) is 0 Å². The fourth-order valence-corrected chi connectivity index (χ4v) is 3.81. The highest BCUT2D eigenvalue weighted by atomic mass is 15.4. The molecule has 1 fully saturated rings. The molecule has 1 aromatic heterocycles. The van der Waals surface area contributed by atoms with E-state index in [0.717, 1.165) is 24.5 Å². The van der Waals surface area contributed by atoms with Crippen LogP contribution >= 0.6 is 0 Å². The zero-order valence-electron chi connectivity index (χ0n) is 17.0. The lowest BCUT2D eigenvalue weighted by molar-refractivity contribution is 0.206. The van der Waals surface area contributed by atoms with Gasteiger partial charge in [0.1, 0.15) is 6.33 Å². The number of likely N-dealkylation sites (N-methyl/N-ethyl adjacent to an activating group) is 1. The molecule has 0 spiro atoms. The topological polar surface area (TPSA) is 49.2 Å². The van der Waals surface area contributed by atoms with Crippen LogP contribution in [-0.2, 0) is 0 Å². The minimum Gasteiger partial charge on any atom is -0.366 e. The van der Waals surface area contributed by atoms with E-state index in [0.29, 0.717) is 18.0 Å². The molecule has 0 aliphatic carbocycles. The molecule has 2 aromatic carbocycles. The molecule has 1 N–H and O–H groups in total. The standard InChI is InChI=1S/C22H28N6/c1-16-10-19(12-21(11-16)27-14-17(2)26(4)13-18(27)3)24-22-23-15-28(25-22)20-8-6-5-7-9-20/h5-12,15,17-18H,13-14H2,1-4H3,(H,24,25). The molecule has 0 bridgehead atoms. The SMILES string of the molecule is Cc1cc(Nc2ncn(-c3ccccc3)n2)cc(N2CC(C)N(C)CC2C)c1. The maximum Gasteiger partial charge on any atom is 0.246 e. The van der Waals surface area contributed by atoms with Crippen molar-refractivity contribution in [2.24, 2.45) is 0 Å². The second kappa shape index (κ2) is 7.64. The lowest BCUT2D eigenvalue weighted by atomic mass is 10.1. The van der Waals surface area contributed by atoms with Gasteiger partial charge in [0.25, 0.3) is 0 Å². The fourth-order valence-electron chi connectivity index (χ4n) is 3.81. The van der Waals surface area contributed by atoms with Crippen LogP contribution in [0.25, 0.3) is 5.69 Å². The molecule has 6 nitrogen and oxygen atoms in total. The summed E-state index contributed by atoms with van der Waals surface area (Å²) < 4.78 is 1.78. The average molecular weight is 377 g/mol. The van der Waals surface area contributed by atoms with Gasteiger partial charge < -0.3 is 10.2 Å². The maximum atomic E-state index is 4.56. The van der Waals surface area contributed by atoms with E-state index in [2.05, 4.69) is 71.2 Å². The molecule has 2 atom stereocenters. The first-order valence-corrected chi connectivity index (χ1v) is 9.82. The Bertz CT molecular complexity index is 935. The number of anilines is 3. The minimum atomic E-state index is 0.478. The van der Waals surface area contributed by atoms with Crippen LogP contribution in [0.1, 0.15) is 19.4 Å². The lowest BCUT2D eigenvalue weighted by Crippen LogP contribution is -2.55. The van der Waals surface area contributed by atoms with Crippen LogP contribution in [-0.4, -0.2) is 51.9 Å². The Morgan fingerprint density at radius 3 is 2.54 bits per heavy atom. The van der Waals surface area contributed by atoms with Crippen molar-refractivity contribution in [1.82, 2.24) is 19.7 Å². The fraction of sp³-hybridized carbons (Fsp3) is 0.364. The van der Waals surface area contributed by atoms with Crippen molar-refractivity contribution in [3.05, 3.63) is 60.4 Å². The Kier molecular flexibility index (Phi) is 5.05. The summed E-state index contributed by atoms with van der Waals surface area (Å²) in [4.78, 5) is 9.34. The Balaban J connectivity index is 1.56. The molecule has 1 aliphatic heterocycles. The average Bonchev–Trinajstić information content (AvgIpc) is 3.13. The predicted molar refractivity (Wildman–Crippen MR) is 115 cm³/mol. The van der Waals surface area contributed by atoms with Gasteiger partial charge in [-0.3, -0.25) is 4.90 Å². The van der Waals surface area contributed by atoms with Crippen LogP contribution in [0, 0.1) is 6.92 Å². The number of benzene rings is 2. The molecule has 146 valence electrons. The molecule has 1 aliphatic rings. The van der Waals surface area contributed by atoms with Gasteiger partial charge >= 0.3 is 0 Å². The highest BCUT2D eigenvalue weighted by Crippen LogP contribution is 2.28. The van der Waals surface area contributed by atoms with Crippen molar-refractivity contribution < 1.29 is 0 Å². The Hall–Kier alpha value is -2.86. The quantitative estimate of drug-likeness (QED) is 0.750. The van der Waals surface area contributed by atoms with Gasteiger partial charge in [-0.1, -0.05) is 18.2 Å². The highest BCUT2D eigenvalue weighted by Gasteiger charge is 2.27. The number of aromatic nitrogens is 3. The Labute approximate surface area is 166 Å². The summed E-state index contributed by atoms with van der Waals surface area (Å²) in [6.07, 6.45) is 1.73. The van der Waals surface area contributed by atoms with Gasteiger partial charge in [-0.05, 0) is 63.7 Å². The van der Waals surface area contributed by atoms with E-state index in [1.165, 1.54) is 11.3 Å². The van der Waals surface area contributed by atoms with Crippen molar-refractivity contribution >= 4 is 17.3 Å². The number of rotatable bonds is 4. The predicted octanol–water partition coefficient (Wildman–Crippen LogP) is 3.85. The van der Waals surface area contributed by atoms with E-state index in [1.54, 1.807) is 11.0 Å². The van der Waals surface area contributed by atoms with E-state index in [9.17, 15) is 0 Å². The smallest absolute Gasteiger partial charge is 0.246 e. The molecule has 3 aromatic rings. The van der Waals surface area contributed by atoms with E-state index in [4.69, 9.17) is 0 Å². The number of nitrogens with one attached hydrogen (secondary N) is 1. The van der Waals surface area contributed by atoms with Crippen LogP contribution in [0.3, 0.4) is 0 Å². The maximum absolute atomic E-state index is 4.56. The van der Waals surface area contributed by atoms with Gasteiger partial charge in [0.2, 0.25) is 5.95 Å². The summed E-state index contributed by atoms with van der Waals surface area (Å²) in [6.45, 7) is 8.81. The first-order chi connectivity index (χ1) is 13.5. The summed E-state index contributed by atoms with van der Waals surface area (Å²) in [7, 11) is 2.20. The molecule has 0 saturated carbocycles. The van der Waals surface area contributed by atoms with E-state index < -0.39 is 0 Å². The molecular formula is C22H28N6. The van der Waals surface area contributed by atoms with Gasteiger partial charge in [-0.25, -0.2) is 4.68 Å². The van der Waals surface area contributed by atoms with Crippen LogP contribution < -0.4 is 10.2 Å². The summed E-state index contributed by atoms with van der Waals surface area (Å²) in [6, 6.07) is 17.6. The Morgan fingerprint density at radius 1 is 0.964 bits per heavy atom. The number of aryl methyl sites for hydroxylation is 1. The van der Waals surface area contributed by atoms with E-state index in [-0.39, 0.29) is 0 Å². The van der Waals surface area contributed by atoms with E-state index in [1.807, 2.05) is 30.3 Å². The summed E-state index contributed by atoms with van der Waals surface area (Å²) in [5.74, 6) is 0.597. The number of para-hydroxylation sites is 1. The molecule has 0 amide bonds. The molecule has 2 unspecified atom stereocenters. The molecule has 0 radical (unpaired) electrons. The molecule has 4 rings (SSSR count). The summed E-state index contributed by atoms with van der Waals surface area (Å²) in [5, 5.41) is 7.93. The normalized spacial score (nSPS) is 20.4. The monoisotopic (exact) mass is 376 g/mol. The zero-order chi connectivity index (χ0) is 19.7. The van der Waals surface area contributed by atoms with Crippen LogP contribution in [0.4, 0.5) is 17.3 Å². The summed E-state index contributed by atoms with van der Waals surface area (Å²) >= 11 is 0. The lowest BCUT2D eigenvalue weighted by Gasteiger charge is -2.44. The number of piperazine rings is 1. The van der Waals surface area contributed by atoms with Gasteiger partial charge in [0.05, 0.1) is 5.69 Å². The third kappa shape index (κ3) is 3.87. The highest BCUT2D eigenvalue weighted by molar-refractivity contribution is 5.64. The van der Waals surface area contributed by atoms with Crippen LogP contribution in [0.5, 0.6) is 0 Å². The van der Waals surface area contributed by atoms with E-state index >= 15 is 0 Å². The Morgan fingerprint density at radius 2 is 1.75 bits per heavy atom. The van der Waals surface area contributed by atoms with Crippen molar-refractivity contribution in [2.75, 3.05) is 30.4 Å². The second-order valence-electron chi connectivity index (χ2n) is 7.82. The van der Waals surface area contributed by atoms with Gasteiger partial charge in [0, 0.05) is 36.5 Å². The number of nitrogens with zero attached hydrogens (tertiary/aromatic N) is 5. The van der Waals surface area contributed by atoms with Gasteiger partial charge in [-0.2, -0.15) is 4.98 Å². The molecular weight excluding hydrogens is 348 g/mol. The third-order valence-corrected chi connectivity index (χ3v) is 5.46.